The first-order valence-electron chi connectivity index (χ1n) is 6.34. The van der Waals surface area contributed by atoms with E-state index in [-0.39, 0.29) is 24.2 Å². The molecule has 0 aliphatic carbocycles. The SMILES string of the molecule is Cc1cnn(CCC(=O)Nc2cc(N)ccc2F)c(=O)c1. The molecule has 1 aromatic carbocycles. The number of carbonyl (C=O) groups is 1. The molecule has 7 heteroatoms. The number of nitrogen functional groups attached to an aromatic ring is 1. The highest BCUT2D eigenvalue weighted by molar-refractivity contribution is 5.91. The molecule has 0 fully saturated rings. The predicted molar refractivity (Wildman–Crippen MR) is 77.3 cm³/mol. The predicted octanol–water partition coefficient (Wildman–Crippen LogP) is 1.30. The Hall–Kier alpha value is -2.70. The van der Waals surface area contributed by atoms with E-state index < -0.39 is 11.7 Å². The summed E-state index contributed by atoms with van der Waals surface area (Å²) in [6.07, 6.45) is 1.54. The fourth-order valence-corrected chi connectivity index (χ4v) is 1.75. The summed E-state index contributed by atoms with van der Waals surface area (Å²) < 4.78 is 14.6. The molecule has 0 spiro atoms. The molecule has 3 N–H and O–H groups in total. The van der Waals surface area contributed by atoms with Gasteiger partial charge in [-0.15, -0.1) is 0 Å². The van der Waals surface area contributed by atoms with E-state index in [0.29, 0.717) is 5.69 Å². The van der Waals surface area contributed by atoms with E-state index in [1.54, 1.807) is 6.92 Å². The van der Waals surface area contributed by atoms with Gasteiger partial charge in [-0.05, 0) is 30.7 Å². The third-order valence-electron chi connectivity index (χ3n) is 2.82. The molecule has 0 saturated carbocycles. The van der Waals surface area contributed by atoms with Crippen molar-refractivity contribution in [3.63, 3.8) is 0 Å². The number of nitrogens with two attached hydrogens (primary N) is 1. The van der Waals surface area contributed by atoms with Crippen molar-refractivity contribution in [2.45, 2.75) is 19.9 Å². The summed E-state index contributed by atoms with van der Waals surface area (Å²) in [4.78, 5) is 23.4. The number of benzene rings is 1. The van der Waals surface area contributed by atoms with Crippen LogP contribution in [0.25, 0.3) is 0 Å². The van der Waals surface area contributed by atoms with Gasteiger partial charge in [0.05, 0.1) is 18.4 Å². The van der Waals surface area contributed by atoms with Crippen LogP contribution in [-0.4, -0.2) is 15.7 Å². The highest BCUT2D eigenvalue weighted by Gasteiger charge is 2.08. The molecule has 1 heterocycles. The first kappa shape index (κ1) is 14.7. The molecule has 6 nitrogen and oxygen atoms in total. The van der Waals surface area contributed by atoms with E-state index >= 15 is 0 Å². The Bertz CT molecular complexity index is 727. The molecular weight excluding hydrogens is 275 g/mol. The van der Waals surface area contributed by atoms with Crippen molar-refractivity contribution in [1.29, 1.82) is 0 Å². The minimum Gasteiger partial charge on any atom is -0.399 e. The number of aryl methyl sites for hydroxylation is 2. The lowest BCUT2D eigenvalue weighted by molar-refractivity contribution is -0.116. The van der Waals surface area contributed by atoms with Crippen molar-refractivity contribution in [2.75, 3.05) is 11.1 Å². The average molecular weight is 290 g/mol. The fraction of sp³-hybridized carbons (Fsp3) is 0.214. The van der Waals surface area contributed by atoms with Gasteiger partial charge in [0.1, 0.15) is 5.82 Å². The molecule has 21 heavy (non-hydrogen) atoms. The highest BCUT2D eigenvalue weighted by atomic mass is 19.1. The maximum atomic E-state index is 13.5. The molecule has 0 saturated heterocycles. The van der Waals surface area contributed by atoms with Crippen molar-refractivity contribution >= 4 is 17.3 Å². The quantitative estimate of drug-likeness (QED) is 0.830. The van der Waals surface area contributed by atoms with Gasteiger partial charge in [-0.2, -0.15) is 5.10 Å². The third kappa shape index (κ3) is 3.88. The van der Waals surface area contributed by atoms with Crippen LogP contribution < -0.4 is 16.6 Å². The molecule has 0 aliphatic rings. The third-order valence-corrected chi connectivity index (χ3v) is 2.82. The lowest BCUT2D eigenvalue weighted by Gasteiger charge is -2.08. The number of halogens is 1. The number of amides is 1. The number of hydrogen-bond donors (Lipinski definition) is 2. The molecule has 110 valence electrons. The lowest BCUT2D eigenvalue weighted by atomic mass is 10.2. The van der Waals surface area contributed by atoms with Crippen LogP contribution in [0.3, 0.4) is 0 Å². The largest absolute Gasteiger partial charge is 0.399 e. The van der Waals surface area contributed by atoms with Crippen molar-refractivity contribution in [3.8, 4) is 0 Å². The fourth-order valence-electron chi connectivity index (χ4n) is 1.75. The molecule has 0 aliphatic heterocycles. The van der Waals surface area contributed by atoms with Crippen LogP contribution in [0, 0.1) is 12.7 Å². The molecule has 0 atom stereocenters. The molecule has 1 aromatic heterocycles. The zero-order valence-corrected chi connectivity index (χ0v) is 11.5. The molecule has 0 bridgehead atoms. The Morgan fingerprint density at radius 2 is 2.19 bits per heavy atom. The summed E-state index contributed by atoms with van der Waals surface area (Å²) in [7, 11) is 0. The van der Waals surface area contributed by atoms with Crippen LogP contribution in [0.4, 0.5) is 15.8 Å². The van der Waals surface area contributed by atoms with Gasteiger partial charge < -0.3 is 11.1 Å². The van der Waals surface area contributed by atoms with E-state index in [2.05, 4.69) is 10.4 Å². The molecule has 0 unspecified atom stereocenters. The minimum absolute atomic E-state index is 0.00417. The summed E-state index contributed by atoms with van der Waals surface area (Å²) in [6, 6.07) is 5.35. The van der Waals surface area contributed by atoms with Crippen molar-refractivity contribution in [2.24, 2.45) is 0 Å². The van der Waals surface area contributed by atoms with Gasteiger partial charge in [0.25, 0.3) is 5.56 Å². The van der Waals surface area contributed by atoms with Gasteiger partial charge in [-0.3, -0.25) is 9.59 Å². The van der Waals surface area contributed by atoms with Gasteiger partial charge in [-0.25, -0.2) is 9.07 Å². The monoisotopic (exact) mass is 290 g/mol. The maximum absolute atomic E-state index is 13.5. The Balaban J connectivity index is 1.99. The van der Waals surface area contributed by atoms with Crippen molar-refractivity contribution in [3.05, 3.63) is 52.2 Å². The summed E-state index contributed by atoms with van der Waals surface area (Å²) in [5.74, 6) is -0.989. The van der Waals surface area contributed by atoms with Crippen molar-refractivity contribution in [1.82, 2.24) is 9.78 Å². The summed E-state index contributed by atoms with van der Waals surface area (Å²) >= 11 is 0. The van der Waals surface area contributed by atoms with E-state index in [1.165, 1.54) is 35.1 Å². The number of nitrogens with one attached hydrogen (secondary N) is 1. The summed E-state index contributed by atoms with van der Waals surface area (Å²) in [5, 5.41) is 6.33. The number of anilines is 2. The van der Waals surface area contributed by atoms with Crippen LogP contribution in [0.2, 0.25) is 0 Å². The topological polar surface area (TPSA) is 90.0 Å². The van der Waals surface area contributed by atoms with E-state index in [0.717, 1.165) is 5.56 Å². The highest BCUT2D eigenvalue weighted by Crippen LogP contribution is 2.17. The number of hydrogen-bond acceptors (Lipinski definition) is 4. The zero-order valence-electron chi connectivity index (χ0n) is 11.5. The molecule has 2 aromatic rings. The standard InChI is InChI=1S/C14H15FN4O2/c1-9-6-14(21)19(17-8-9)5-4-13(20)18-12-7-10(16)2-3-11(12)15/h2-3,6-8H,4-5,16H2,1H3,(H,18,20). The van der Waals surface area contributed by atoms with E-state index in [4.69, 9.17) is 5.73 Å². The van der Waals surface area contributed by atoms with Gasteiger partial charge in [0.2, 0.25) is 5.91 Å². The van der Waals surface area contributed by atoms with Crippen LogP contribution in [0.1, 0.15) is 12.0 Å². The van der Waals surface area contributed by atoms with E-state index in [1.807, 2.05) is 0 Å². The molecule has 0 radical (unpaired) electrons. The number of nitrogens with zero attached hydrogens (tertiary/aromatic N) is 2. The zero-order chi connectivity index (χ0) is 15.4. The van der Waals surface area contributed by atoms with Crippen molar-refractivity contribution < 1.29 is 9.18 Å². The lowest BCUT2D eigenvalue weighted by Crippen LogP contribution is -2.25. The minimum atomic E-state index is -0.567. The normalized spacial score (nSPS) is 10.4. The smallest absolute Gasteiger partial charge is 0.266 e. The second-order valence-electron chi connectivity index (χ2n) is 4.63. The average Bonchev–Trinajstić information content (AvgIpc) is 2.42. The first-order valence-corrected chi connectivity index (χ1v) is 6.34. The Labute approximate surface area is 120 Å². The first-order chi connectivity index (χ1) is 9.95. The Morgan fingerprint density at radius 1 is 1.43 bits per heavy atom. The molecular formula is C14H15FN4O2. The van der Waals surface area contributed by atoms with Crippen LogP contribution in [0.15, 0.2) is 35.3 Å². The van der Waals surface area contributed by atoms with Crippen LogP contribution in [0.5, 0.6) is 0 Å². The van der Waals surface area contributed by atoms with Gasteiger partial charge >= 0.3 is 0 Å². The summed E-state index contributed by atoms with van der Waals surface area (Å²) in [5.41, 5.74) is 6.37. The molecule has 1 amide bonds. The Kier molecular flexibility index (Phi) is 4.32. The van der Waals surface area contributed by atoms with Gasteiger partial charge in [-0.1, -0.05) is 0 Å². The maximum Gasteiger partial charge on any atom is 0.266 e. The Morgan fingerprint density at radius 3 is 2.90 bits per heavy atom. The number of carbonyl (C=O) groups excluding carboxylic acids is 1. The van der Waals surface area contributed by atoms with E-state index in [9.17, 15) is 14.0 Å². The van der Waals surface area contributed by atoms with Crippen LogP contribution in [-0.2, 0) is 11.3 Å². The second-order valence-corrected chi connectivity index (χ2v) is 4.63. The molecule has 2 rings (SSSR count). The second kappa shape index (κ2) is 6.17. The van der Waals surface area contributed by atoms with Crippen LogP contribution >= 0.6 is 0 Å². The van der Waals surface area contributed by atoms with Gasteiger partial charge in [0.15, 0.2) is 0 Å². The summed E-state index contributed by atoms with van der Waals surface area (Å²) in [6.45, 7) is 1.88. The van der Waals surface area contributed by atoms with Gasteiger partial charge in [0, 0.05) is 18.2 Å². The number of rotatable bonds is 4. The number of aromatic nitrogens is 2.